The molecule has 1 aliphatic rings. The van der Waals surface area contributed by atoms with Crippen LogP contribution >= 0.6 is 12.2 Å². The van der Waals surface area contributed by atoms with Gasteiger partial charge in [-0.25, -0.2) is 0 Å². The third kappa shape index (κ3) is 4.84. The molecular formula is C18H20F3N5O2S. The number of nitrogens with zero attached hydrogens (tertiary/aromatic N) is 3. The van der Waals surface area contributed by atoms with E-state index >= 15 is 0 Å². The van der Waals surface area contributed by atoms with Gasteiger partial charge in [0, 0.05) is 31.6 Å². The highest BCUT2D eigenvalue weighted by molar-refractivity contribution is 7.71. The number of aromatic amines is 1. The summed E-state index contributed by atoms with van der Waals surface area (Å²) < 4.78 is 40.1. The van der Waals surface area contributed by atoms with Crippen LogP contribution in [-0.4, -0.2) is 44.6 Å². The van der Waals surface area contributed by atoms with Crippen LogP contribution in [0.1, 0.15) is 34.6 Å². The van der Waals surface area contributed by atoms with E-state index in [-0.39, 0.29) is 29.8 Å². The van der Waals surface area contributed by atoms with Crippen LogP contribution in [0.5, 0.6) is 0 Å². The molecule has 7 nitrogen and oxygen atoms in total. The number of piperidine rings is 1. The Morgan fingerprint density at radius 2 is 1.86 bits per heavy atom. The Hall–Kier alpha value is -2.69. The molecule has 3 rings (SSSR count). The number of nitrogens with one attached hydrogen (secondary N) is 2. The maximum Gasteiger partial charge on any atom is 0.416 e. The number of carbonyl (C=O) groups is 2. The summed E-state index contributed by atoms with van der Waals surface area (Å²) in [5.41, 5.74) is -0.593. The summed E-state index contributed by atoms with van der Waals surface area (Å²) in [6, 6.07) is 4.16. The van der Waals surface area contributed by atoms with E-state index in [4.69, 9.17) is 12.2 Å². The number of benzene rings is 1. The van der Waals surface area contributed by atoms with Gasteiger partial charge in [-0.3, -0.25) is 14.7 Å². The molecule has 1 aromatic heterocycles. The Morgan fingerprint density at radius 1 is 1.24 bits per heavy atom. The lowest BCUT2D eigenvalue weighted by atomic mass is 9.95. The van der Waals surface area contributed by atoms with Crippen LogP contribution in [0.15, 0.2) is 24.3 Å². The third-order valence-corrected chi connectivity index (χ3v) is 5.37. The zero-order valence-electron chi connectivity index (χ0n) is 15.6. The van der Waals surface area contributed by atoms with Crippen molar-refractivity contribution < 1.29 is 22.8 Å². The molecule has 0 saturated carbocycles. The molecule has 2 amide bonds. The number of alkyl halides is 3. The van der Waals surface area contributed by atoms with E-state index in [1.54, 1.807) is 16.5 Å². The van der Waals surface area contributed by atoms with Crippen molar-refractivity contribution in [1.82, 2.24) is 25.0 Å². The van der Waals surface area contributed by atoms with E-state index in [2.05, 4.69) is 15.5 Å². The third-order valence-electron chi connectivity index (χ3n) is 5.01. The minimum atomic E-state index is -4.44. The number of rotatable bonds is 4. The molecule has 2 N–H and O–H groups in total. The predicted octanol–water partition coefficient (Wildman–Crippen LogP) is 2.67. The molecule has 156 valence electrons. The van der Waals surface area contributed by atoms with Gasteiger partial charge in [0.1, 0.15) is 0 Å². The second-order valence-electron chi connectivity index (χ2n) is 6.86. The molecule has 0 aliphatic carbocycles. The van der Waals surface area contributed by atoms with Crippen LogP contribution in [0, 0.1) is 10.7 Å². The molecule has 1 fully saturated rings. The van der Waals surface area contributed by atoms with Gasteiger partial charge in [-0.15, -0.1) is 0 Å². The fourth-order valence-electron chi connectivity index (χ4n) is 3.18. The average molecular weight is 427 g/mol. The molecule has 0 atom stereocenters. The lowest BCUT2D eigenvalue weighted by Crippen LogP contribution is -2.43. The van der Waals surface area contributed by atoms with Gasteiger partial charge in [-0.1, -0.05) is 0 Å². The van der Waals surface area contributed by atoms with Crippen molar-refractivity contribution in [2.45, 2.75) is 25.6 Å². The second kappa shape index (κ2) is 8.36. The first kappa shape index (κ1) is 21.0. The van der Waals surface area contributed by atoms with Crippen molar-refractivity contribution in [1.29, 1.82) is 0 Å². The summed E-state index contributed by atoms with van der Waals surface area (Å²) in [4.78, 5) is 26.4. The van der Waals surface area contributed by atoms with Gasteiger partial charge in [0.05, 0.1) is 12.1 Å². The summed E-state index contributed by atoms with van der Waals surface area (Å²) >= 11 is 5.02. The second-order valence-corrected chi connectivity index (χ2v) is 7.25. The molecule has 1 aromatic carbocycles. The molecule has 0 unspecified atom stereocenters. The maximum absolute atomic E-state index is 12.6. The van der Waals surface area contributed by atoms with Gasteiger partial charge >= 0.3 is 6.18 Å². The van der Waals surface area contributed by atoms with Crippen LogP contribution in [-0.2, 0) is 24.6 Å². The van der Waals surface area contributed by atoms with E-state index in [1.807, 2.05) is 0 Å². The molecule has 0 spiro atoms. The Labute approximate surface area is 169 Å². The number of hydrogen-bond donors (Lipinski definition) is 2. The van der Waals surface area contributed by atoms with Crippen molar-refractivity contribution in [3.05, 3.63) is 46.0 Å². The summed E-state index contributed by atoms with van der Waals surface area (Å²) in [5, 5.41) is 9.49. The van der Waals surface area contributed by atoms with Gasteiger partial charge in [0.15, 0.2) is 10.6 Å². The van der Waals surface area contributed by atoms with E-state index in [0.29, 0.717) is 36.5 Å². The highest BCUT2D eigenvalue weighted by Gasteiger charge is 2.31. The quantitative estimate of drug-likeness (QED) is 0.735. The fraction of sp³-hybridized carbons (Fsp3) is 0.444. The van der Waals surface area contributed by atoms with Crippen molar-refractivity contribution in [3.63, 3.8) is 0 Å². The lowest BCUT2D eigenvalue weighted by molar-refractivity contribution is -0.137. The molecule has 1 aliphatic heterocycles. The number of halogens is 3. The van der Waals surface area contributed by atoms with Crippen LogP contribution < -0.4 is 5.32 Å². The van der Waals surface area contributed by atoms with Crippen LogP contribution in [0.4, 0.5) is 13.2 Å². The first-order valence-corrected chi connectivity index (χ1v) is 9.42. The van der Waals surface area contributed by atoms with Crippen LogP contribution in [0.25, 0.3) is 0 Å². The molecule has 0 radical (unpaired) electrons. The SMILES string of the molecule is Cn1c(CNC(=O)C2CCN(C(=O)c3ccc(C(F)(F)F)cc3)CC2)n[nH]c1=S. The van der Waals surface area contributed by atoms with E-state index in [1.165, 1.54) is 12.1 Å². The van der Waals surface area contributed by atoms with Gasteiger partial charge in [0.25, 0.3) is 5.91 Å². The number of hydrogen-bond acceptors (Lipinski definition) is 4. The van der Waals surface area contributed by atoms with Crippen molar-refractivity contribution in [2.24, 2.45) is 13.0 Å². The Bertz CT molecular complexity index is 944. The number of likely N-dealkylation sites (tertiary alicyclic amines) is 1. The van der Waals surface area contributed by atoms with E-state index < -0.39 is 11.7 Å². The number of carbonyl (C=O) groups excluding carboxylic acids is 2. The molecule has 0 bridgehead atoms. The largest absolute Gasteiger partial charge is 0.416 e. The average Bonchev–Trinajstić information content (AvgIpc) is 3.03. The lowest BCUT2D eigenvalue weighted by Gasteiger charge is -2.31. The van der Waals surface area contributed by atoms with E-state index in [0.717, 1.165) is 12.1 Å². The minimum Gasteiger partial charge on any atom is -0.349 e. The number of amides is 2. The predicted molar refractivity (Wildman–Crippen MR) is 100 cm³/mol. The minimum absolute atomic E-state index is 0.124. The Morgan fingerprint density at radius 3 is 2.38 bits per heavy atom. The highest BCUT2D eigenvalue weighted by atomic mass is 32.1. The van der Waals surface area contributed by atoms with Gasteiger partial charge < -0.3 is 14.8 Å². The molecule has 2 heterocycles. The zero-order chi connectivity index (χ0) is 21.2. The molecular weight excluding hydrogens is 407 g/mol. The highest BCUT2D eigenvalue weighted by Crippen LogP contribution is 2.29. The normalized spacial score (nSPS) is 15.4. The molecule has 11 heteroatoms. The van der Waals surface area contributed by atoms with Crippen LogP contribution in [0.3, 0.4) is 0 Å². The van der Waals surface area contributed by atoms with Crippen LogP contribution in [0.2, 0.25) is 0 Å². The van der Waals surface area contributed by atoms with E-state index in [9.17, 15) is 22.8 Å². The first-order chi connectivity index (χ1) is 13.7. The monoisotopic (exact) mass is 427 g/mol. The Balaban J connectivity index is 1.51. The molecule has 1 saturated heterocycles. The van der Waals surface area contributed by atoms with Crippen molar-refractivity contribution in [3.8, 4) is 0 Å². The standard InChI is InChI=1S/C18H20F3N5O2S/c1-25-14(23-24-17(25)29)10-22-15(27)11-6-8-26(9-7-11)16(28)12-2-4-13(5-3-12)18(19,20)21/h2-5,11H,6-10H2,1H3,(H,22,27)(H,24,29). The summed E-state index contributed by atoms with van der Waals surface area (Å²) in [6.07, 6.45) is -3.47. The van der Waals surface area contributed by atoms with Gasteiger partial charge in [-0.05, 0) is 49.3 Å². The first-order valence-electron chi connectivity index (χ1n) is 9.01. The maximum atomic E-state index is 12.6. The van der Waals surface area contributed by atoms with Gasteiger partial charge in [-0.2, -0.15) is 18.3 Å². The Kier molecular flexibility index (Phi) is 6.06. The molecule has 2 aromatic rings. The molecule has 29 heavy (non-hydrogen) atoms. The summed E-state index contributed by atoms with van der Waals surface area (Å²) in [6.45, 7) is 0.974. The van der Waals surface area contributed by atoms with Crippen molar-refractivity contribution in [2.75, 3.05) is 13.1 Å². The number of aromatic nitrogens is 3. The zero-order valence-corrected chi connectivity index (χ0v) is 16.4. The van der Waals surface area contributed by atoms with Gasteiger partial charge in [0.2, 0.25) is 5.91 Å². The number of H-pyrrole nitrogens is 1. The topological polar surface area (TPSA) is 83.0 Å². The van der Waals surface area contributed by atoms with Crippen molar-refractivity contribution >= 4 is 24.0 Å². The summed E-state index contributed by atoms with van der Waals surface area (Å²) in [7, 11) is 1.75. The fourth-order valence-corrected chi connectivity index (χ4v) is 3.33. The smallest absolute Gasteiger partial charge is 0.349 e. The summed E-state index contributed by atoms with van der Waals surface area (Å²) in [5.74, 6) is -0.0863.